The SMILES string of the molecule is COc1ccc(OC)c(CCNC(=O)C(Cc2c[nH]c3ccccc23)NC(C)=O)c1. The molecule has 0 aliphatic carbocycles. The van der Waals surface area contributed by atoms with E-state index in [1.54, 1.807) is 14.2 Å². The van der Waals surface area contributed by atoms with E-state index in [9.17, 15) is 9.59 Å². The van der Waals surface area contributed by atoms with Gasteiger partial charge < -0.3 is 25.1 Å². The molecule has 2 amide bonds. The summed E-state index contributed by atoms with van der Waals surface area (Å²) in [6, 6.07) is 12.8. The van der Waals surface area contributed by atoms with Gasteiger partial charge in [-0.1, -0.05) is 18.2 Å². The predicted octanol–water partition coefficient (Wildman–Crippen LogP) is 2.59. The molecule has 3 rings (SSSR count). The maximum absolute atomic E-state index is 12.8. The summed E-state index contributed by atoms with van der Waals surface area (Å²) in [6.45, 7) is 1.82. The number of nitrogens with one attached hydrogen (secondary N) is 3. The Labute approximate surface area is 175 Å². The summed E-state index contributed by atoms with van der Waals surface area (Å²) in [6.07, 6.45) is 2.86. The van der Waals surface area contributed by atoms with Crippen LogP contribution in [0.2, 0.25) is 0 Å². The first kappa shape index (κ1) is 21.2. The van der Waals surface area contributed by atoms with Crippen LogP contribution in [0.1, 0.15) is 18.1 Å². The Balaban J connectivity index is 1.66. The van der Waals surface area contributed by atoms with Gasteiger partial charge in [-0.15, -0.1) is 0 Å². The average molecular weight is 409 g/mol. The number of para-hydroxylation sites is 1. The van der Waals surface area contributed by atoms with Gasteiger partial charge in [0.05, 0.1) is 14.2 Å². The minimum absolute atomic E-state index is 0.225. The third kappa shape index (κ3) is 5.11. The van der Waals surface area contributed by atoms with Crippen molar-refractivity contribution in [1.82, 2.24) is 15.6 Å². The second kappa shape index (κ2) is 9.82. The van der Waals surface area contributed by atoms with Crippen LogP contribution in [0.3, 0.4) is 0 Å². The molecular weight excluding hydrogens is 382 g/mol. The Morgan fingerprint density at radius 1 is 1.07 bits per heavy atom. The summed E-state index contributed by atoms with van der Waals surface area (Å²) in [4.78, 5) is 27.7. The van der Waals surface area contributed by atoms with Gasteiger partial charge in [0.2, 0.25) is 11.8 Å². The average Bonchev–Trinajstić information content (AvgIpc) is 3.15. The molecule has 7 heteroatoms. The molecule has 3 N–H and O–H groups in total. The number of aromatic amines is 1. The number of hydrogen-bond acceptors (Lipinski definition) is 4. The number of aromatic nitrogens is 1. The Kier molecular flexibility index (Phi) is 6.95. The Morgan fingerprint density at radius 3 is 2.60 bits per heavy atom. The molecule has 3 aromatic rings. The van der Waals surface area contributed by atoms with Gasteiger partial charge in [-0.3, -0.25) is 9.59 Å². The van der Waals surface area contributed by atoms with E-state index in [4.69, 9.17) is 9.47 Å². The number of amides is 2. The molecule has 0 saturated carbocycles. The molecule has 1 heterocycles. The zero-order valence-corrected chi connectivity index (χ0v) is 17.5. The van der Waals surface area contributed by atoms with Crippen molar-refractivity contribution >= 4 is 22.7 Å². The predicted molar refractivity (Wildman–Crippen MR) is 116 cm³/mol. The molecule has 30 heavy (non-hydrogen) atoms. The van der Waals surface area contributed by atoms with E-state index in [-0.39, 0.29) is 11.8 Å². The van der Waals surface area contributed by atoms with Crippen molar-refractivity contribution < 1.29 is 19.1 Å². The summed E-state index contributed by atoms with van der Waals surface area (Å²) in [7, 11) is 3.22. The second-order valence-corrected chi connectivity index (χ2v) is 7.04. The maximum Gasteiger partial charge on any atom is 0.242 e. The molecule has 7 nitrogen and oxygen atoms in total. The lowest BCUT2D eigenvalue weighted by Gasteiger charge is -2.18. The van der Waals surface area contributed by atoms with Crippen LogP contribution in [0.15, 0.2) is 48.7 Å². The zero-order chi connectivity index (χ0) is 21.5. The van der Waals surface area contributed by atoms with Crippen LogP contribution < -0.4 is 20.1 Å². The number of carbonyl (C=O) groups excluding carboxylic acids is 2. The molecule has 0 saturated heterocycles. The quantitative estimate of drug-likeness (QED) is 0.507. The largest absolute Gasteiger partial charge is 0.497 e. The van der Waals surface area contributed by atoms with Crippen molar-refractivity contribution in [3.05, 3.63) is 59.8 Å². The van der Waals surface area contributed by atoms with Crippen LogP contribution in [0.5, 0.6) is 11.5 Å². The highest BCUT2D eigenvalue weighted by Gasteiger charge is 2.21. The van der Waals surface area contributed by atoms with Gasteiger partial charge in [0, 0.05) is 37.0 Å². The topological polar surface area (TPSA) is 92.4 Å². The number of ether oxygens (including phenoxy) is 2. The first-order chi connectivity index (χ1) is 14.5. The van der Waals surface area contributed by atoms with Crippen molar-refractivity contribution in [2.75, 3.05) is 20.8 Å². The van der Waals surface area contributed by atoms with Crippen LogP contribution in [0, 0.1) is 0 Å². The lowest BCUT2D eigenvalue weighted by atomic mass is 10.0. The van der Waals surface area contributed by atoms with E-state index in [1.165, 1.54) is 6.92 Å². The molecule has 0 radical (unpaired) electrons. The van der Waals surface area contributed by atoms with Crippen molar-refractivity contribution in [3.63, 3.8) is 0 Å². The van der Waals surface area contributed by atoms with Crippen molar-refractivity contribution in [2.45, 2.75) is 25.8 Å². The van der Waals surface area contributed by atoms with Gasteiger partial charge in [-0.25, -0.2) is 0 Å². The van der Waals surface area contributed by atoms with E-state index in [1.807, 2.05) is 48.7 Å². The first-order valence-electron chi connectivity index (χ1n) is 9.82. The molecule has 1 atom stereocenters. The fourth-order valence-electron chi connectivity index (χ4n) is 3.50. The number of H-pyrrole nitrogens is 1. The molecule has 0 spiro atoms. The van der Waals surface area contributed by atoms with Crippen LogP contribution in [0.4, 0.5) is 0 Å². The zero-order valence-electron chi connectivity index (χ0n) is 17.5. The van der Waals surface area contributed by atoms with Gasteiger partial charge >= 0.3 is 0 Å². The van der Waals surface area contributed by atoms with E-state index in [0.717, 1.165) is 33.5 Å². The summed E-state index contributed by atoms with van der Waals surface area (Å²) in [5, 5.41) is 6.73. The highest BCUT2D eigenvalue weighted by Crippen LogP contribution is 2.24. The number of methoxy groups -OCH3 is 2. The van der Waals surface area contributed by atoms with Gasteiger partial charge in [-0.2, -0.15) is 0 Å². The van der Waals surface area contributed by atoms with Crippen LogP contribution in [-0.4, -0.2) is 43.6 Å². The standard InChI is InChI=1S/C23H27N3O4/c1-15(27)26-21(13-17-14-25-20-7-5-4-6-19(17)20)23(28)24-11-10-16-12-18(29-2)8-9-22(16)30-3/h4-9,12,14,21,25H,10-11,13H2,1-3H3,(H,24,28)(H,26,27). The highest BCUT2D eigenvalue weighted by molar-refractivity contribution is 5.89. The number of rotatable bonds is 9. The van der Waals surface area contributed by atoms with Crippen molar-refractivity contribution in [2.24, 2.45) is 0 Å². The molecule has 0 fully saturated rings. The van der Waals surface area contributed by atoms with E-state index in [0.29, 0.717) is 19.4 Å². The number of hydrogen-bond donors (Lipinski definition) is 3. The molecule has 1 aromatic heterocycles. The monoisotopic (exact) mass is 409 g/mol. The second-order valence-electron chi connectivity index (χ2n) is 7.04. The molecule has 0 aliphatic heterocycles. The van der Waals surface area contributed by atoms with Gasteiger partial charge in [0.15, 0.2) is 0 Å². The van der Waals surface area contributed by atoms with E-state index in [2.05, 4.69) is 15.6 Å². The molecule has 1 unspecified atom stereocenters. The van der Waals surface area contributed by atoms with Crippen molar-refractivity contribution in [3.8, 4) is 11.5 Å². The highest BCUT2D eigenvalue weighted by atomic mass is 16.5. The number of carbonyl (C=O) groups is 2. The van der Waals surface area contributed by atoms with Gasteiger partial charge in [0.1, 0.15) is 17.5 Å². The first-order valence-corrected chi connectivity index (χ1v) is 9.82. The van der Waals surface area contributed by atoms with Crippen LogP contribution in [-0.2, 0) is 22.4 Å². The maximum atomic E-state index is 12.8. The lowest BCUT2D eigenvalue weighted by molar-refractivity contribution is -0.128. The Morgan fingerprint density at radius 2 is 1.87 bits per heavy atom. The Bertz CT molecular complexity index is 1030. The summed E-state index contributed by atoms with van der Waals surface area (Å²) < 4.78 is 10.6. The van der Waals surface area contributed by atoms with E-state index < -0.39 is 6.04 Å². The fourth-order valence-corrected chi connectivity index (χ4v) is 3.50. The smallest absolute Gasteiger partial charge is 0.242 e. The minimum Gasteiger partial charge on any atom is -0.497 e. The lowest BCUT2D eigenvalue weighted by Crippen LogP contribution is -2.47. The fraction of sp³-hybridized carbons (Fsp3) is 0.304. The van der Waals surface area contributed by atoms with Crippen molar-refractivity contribution in [1.29, 1.82) is 0 Å². The summed E-state index contributed by atoms with van der Waals surface area (Å²) in [5.41, 5.74) is 2.92. The molecule has 0 aliphatic rings. The van der Waals surface area contributed by atoms with Crippen LogP contribution in [0.25, 0.3) is 10.9 Å². The number of benzene rings is 2. The third-order valence-corrected chi connectivity index (χ3v) is 4.97. The van der Waals surface area contributed by atoms with Gasteiger partial charge in [-0.05, 0) is 41.8 Å². The summed E-state index contributed by atoms with van der Waals surface area (Å²) in [5.74, 6) is 0.997. The Hall–Kier alpha value is -3.48. The van der Waals surface area contributed by atoms with Gasteiger partial charge in [0.25, 0.3) is 0 Å². The van der Waals surface area contributed by atoms with Crippen LogP contribution >= 0.6 is 0 Å². The number of fused-ring (bicyclic) bond motifs is 1. The summed E-state index contributed by atoms with van der Waals surface area (Å²) >= 11 is 0. The molecule has 2 aromatic carbocycles. The third-order valence-electron chi connectivity index (χ3n) is 4.97. The normalized spacial score (nSPS) is 11.7. The molecule has 0 bridgehead atoms. The molecule has 158 valence electrons. The molecular formula is C23H27N3O4. The van der Waals surface area contributed by atoms with E-state index >= 15 is 0 Å². The minimum atomic E-state index is -0.658.